The van der Waals surface area contributed by atoms with E-state index in [0.29, 0.717) is 23.4 Å². The maximum Gasteiger partial charge on any atom is 0.235 e. The fourth-order valence-corrected chi connectivity index (χ4v) is 1.92. The molecule has 0 aliphatic carbocycles. The molecule has 0 bridgehead atoms. The molecule has 0 N–H and O–H groups in total. The van der Waals surface area contributed by atoms with Gasteiger partial charge in [-0.05, 0) is 6.07 Å². The molecule has 1 aliphatic heterocycles. The van der Waals surface area contributed by atoms with Crippen LogP contribution in [-0.2, 0) is 11.3 Å². The number of halogens is 2. The van der Waals surface area contributed by atoms with Crippen LogP contribution in [0.15, 0.2) is 15.5 Å². The van der Waals surface area contributed by atoms with Crippen LogP contribution >= 0.6 is 15.9 Å². The molecule has 0 saturated heterocycles. The fourth-order valence-electron chi connectivity index (χ4n) is 1.41. The van der Waals surface area contributed by atoms with Crippen LogP contribution in [0.2, 0.25) is 0 Å². The summed E-state index contributed by atoms with van der Waals surface area (Å²) in [5.74, 6) is -0.122. The largest absolute Gasteiger partial charge is 0.486 e. The Kier molecular flexibility index (Phi) is 3.22. The predicted molar refractivity (Wildman–Crippen MR) is 56.9 cm³/mol. The highest BCUT2D eigenvalue weighted by Crippen LogP contribution is 2.39. The molecule has 4 nitrogen and oxygen atoms in total. The van der Waals surface area contributed by atoms with Crippen molar-refractivity contribution in [3.05, 3.63) is 21.9 Å². The van der Waals surface area contributed by atoms with Crippen LogP contribution in [0.25, 0.3) is 0 Å². The lowest BCUT2D eigenvalue weighted by Crippen LogP contribution is -2.17. The molecule has 0 radical (unpaired) electrons. The Labute approximate surface area is 99.2 Å². The highest BCUT2D eigenvalue weighted by atomic mass is 79.9. The SMILES string of the molecule is O=C=NCc1c(Br)cc2c(c1F)OCCO2. The van der Waals surface area contributed by atoms with Crippen LogP contribution < -0.4 is 9.47 Å². The first-order valence-corrected chi connectivity index (χ1v) is 5.33. The van der Waals surface area contributed by atoms with Gasteiger partial charge in [0.25, 0.3) is 0 Å². The second-order valence-corrected chi connectivity index (χ2v) is 3.94. The summed E-state index contributed by atoms with van der Waals surface area (Å²) in [6.07, 6.45) is 1.37. The van der Waals surface area contributed by atoms with E-state index < -0.39 is 5.82 Å². The minimum Gasteiger partial charge on any atom is -0.486 e. The van der Waals surface area contributed by atoms with Gasteiger partial charge in [-0.15, -0.1) is 0 Å². The molecule has 1 heterocycles. The van der Waals surface area contributed by atoms with Crippen molar-refractivity contribution in [1.82, 2.24) is 0 Å². The number of benzene rings is 1. The zero-order valence-corrected chi connectivity index (χ0v) is 9.71. The maximum atomic E-state index is 13.9. The van der Waals surface area contributed by atoms with Crippen LogP contribution in [0.4, 0.5) is 4.39 Å². The van der Waals surface area contributed by atoms with Gasteiger partial charge >= 0.3 is 0 Å². The Balaban J connectivity index is 2.49. The van der Waals surface area contributed by atoms with E-state index in [4.69, 9.17) is 9.47 Å². The minimum absolute atomic E-state index is 0.0746. The first-order valence-electron chi connectivity index (χ1n) is 4.54. The van der Waals surface area contributed by atoms with E-state index in [-0.39, 0.29) is 17.9 Å². The molecule has 0 amide bonds. The second kappa shape index (κ2) is 4.63. The van der Waals surface area contributed by atoms with E-state index in [1.54, 1.807) is 6.07 Å². The van der Waals surface area contributed by atoms with Crippen LogP contribution in [-0.4, -0.2) is 19.3 Å². The van der Waals surface area contributed by atoms with Gasteiger partial charge in [-0.2, -0.15) is 0 Å². The van der Waals surface area contributed by atoms with Crippen molar-refractivity contribution in [2.24, 2.45) is 4.99 Å². The van der Waals surface area contributed by atoms with Crippen molar-refractivity contribution < 1.29 is 18.7 Å². The first kappa shape index (κ1) is 11.1. The lowest BCUT2D eigenvalue weighted by atomic mass is 10.2. The number of ether oxygens (including phenoxy) is 2. The molecule has 84 valence electrons. The van der Waals surface area contributed by atoms with Gasteiger partial charge in [-0.3, -0.25) is 0 Å². The summed E-state index contributed by atoms with van der Waals surface area (Å²) in [6, 6.07) is 1.60. The van der Waals surface area contributed by atoms with Crippen molar-refractivity contribution in [2.75, 3.05) is 13.2 Å². The van der Waals surface area contributed by atoms with Crippen molar-refractivity contribution in [3.63, 3.8) is 0 Å². The first-order chi connectivity index (χ1) is 7.74. The van der Waals surface area contributed by atoms with Gasteiger partial charge in [0.2, 0.25) is 6.08 Å². The highest BCUT2D eigenvalue weighted by Gasteiger charge is 2.22. The second-order valence-electron chi connectivity index (χ2n) is 3.08. The molecule has 0 atom stereocenters. The maximum absolute atomic E-state index is 13.9. The van der Waals surface area contributed by atoms with Crippen molar-refractivity contribution in [2.45, 2.75) is 6.54 Å². The average molecular weight is 288 g/mol. The number of rotatable bonds is 2. The van der Waals surface area contributed by atoms with Crippen molar-refractivity contribution >= 4 is 22.0 Å². The summed E-state index contributed by atoms with van der Waals surface area (Å²) >= 11 is 3.19. The highest BCUT2D eigenvalue weighted by molar-refractivity contribution is 9.10. The average Bonchev–Trinajstić information content (AvgIpc) is 2.29. The third kappa shape index (κ3) is 1.94. The summed E-state index contributed by atoms with van der Waals surface area (Å²) in [4.78, 5) is 13.3. The van der Waals surface area contributed by atoms with Crippen LogP contribution in [0.1, 0.15) is 5.56 Å². The fraction of sp³-hybridized carbons (Fsp3) is 0.300. The molecule has 0 unspecified atom stereocenters. The zero-order chi connectivity index (χ0) is 11.5. The normalized spacial score (nSPS) is 13.1. The van der Waals surface area contributed by atoms with Gasteiger partial charge in [-0.25, -0.2) is 14.2 Å². The smallest absolute Gasteiger partial charge is 0.235 e. The number of nitrogens with zero attached hydrogens (tertiary/aromatic N) is 1. The van der Waals surface area contributed by atoms with E-state index >= 15 is 0 Å². The quantitative estimate of drug-likeness (QED) is 0.619. The molecule has 1 aliphatic rings. The number of carbonyl (C=O) groups excluding carboxylic acids is 1. The van der Waals surface area contributed by atoms with E-state index in [9.17, 15) is 9.18 Å². The summed E-state index contributed by atoms with van der Waals surface area (Å²) < 4.78 is 24.8. The molecule has 2 rings (SSSR count). The van der Waals surface area contributed by atoms with Crippen LogP contribution in [0.5, 0.6) is 11.5 Å². The Bertz CT molecular complexity index is 472. The van der Waals surface area contributed by atoms with Crippen LogP contribution in [0.3, 0.4) is 0 Å². The van der Waals surface area contributed by atoms with E-state index in [2.05, 4.69) is 20.9 Å². The number of isocyanates is 1. The molecule has 16 heavy (non-hydrogen) atoms. The minimum atomic E-state index is -0.553. The Morgan fingerprint density at radius 1 is 1.50 bits per heavy atom. The summed E-state index contributed by atoms with van der Waals surface area (Å²) in [5, 5.41) is 0. The molecule has 1 aromatic carbocycles. The zero-order valence-electron chi connectivity index (χ0n) is 8.13. The number of aliphatic imine (C=N–C) groups is 1. The molecular weight excluding hydrogens is 281 g/mol. The third-order valence-electron chi connectivity index (χ3n) is 2.12. The third-order valence-corrected chi connectivity index (χ3v) is 2.83. The number of hydrogen-bond acceptors (Lipinski definition) is 4. The lowest BCUT2D eigenvalue weighted by Gasteiger charge is -2.20. The van der Waals surface area contributed by atoms with E-state index in [1.807, 2.05) is 0 Å². The molecule has 1 aromatic rings. The van der Waals surface area contributed by atoms with E-state index in [0.717, 1.165) is 0 Å². The lowest BCUT2D eigenvalue weighted by molar-refractivity contribution is 0.163. The number of fused-ring (bicyclic) bond motifs is 1. The summed E-state index contributed by atoms with van der Waals surface area (Å²) in [5.41, 5.74) is 0.257. The number of hydrogen-bond donors (Lipinski definition) is 0. The topological polar surface area (TPSA) is 47.9 Å². The molecule has 6 heteroatoms. The van der Waals surface area contributed by atoms with Gasteiger partial charge in [-0.1, -0.05) is 15.9 Å². The van der Waals surface area contributed by atoms with Gasteiger partial charge in [0.05, 0.1) is 6.54 Å². The van der Waals surface area contributed by atoms with Crippen molar-refractivity contribution in [3.8, 4) is 11.5 Å². The monoisotopic (exact) mass is 287 g/mol. The molecule has 0 fully saturated rings. The van der Waals surface area contributed by atoms with Crippen LogP contribution in [0, 0.1) is 5.82 Å². The Hall–Kier alpha value is -1.39. The molecule has 0 saturated carbocycles. The predicted octanol–water partition coefficient (Wildman–Crippen LogP) is 2.20. The molecule has 0 aromatic heterocycles. The summed E-state index contributed by atoms with van der Waals surface area (Å²) in [6.45, 7) is 0.624. The summed E-state index contributed by atoms with van der Waals surface area (Å²) in [7, 11) is 0. The van der Waals surface area contributed by atoms with Gasteiger partial charge in [0.1, 0.15) is 13.2 Å². The van der Waals surface area contributed by atoms with Crippen molar-refractivity contribution in [1.29, 1.82) is 0 Å². The standard InChI is InChI=1S/C10H7BrFNO3/c11-7-3-8-10(16-2-1-15-8)9(12)6(7)4-13-5-14/h3H,1-2,4H2. The molecule has 0 spiro atoms. The van der Waals surface area contributed by atoms with Gasteiger partial charge < -0.3 is 9.47 Å². The Morgan fingerprint density at radius 3 is 3.00 bits per heavy atom. The Morgan fingerprint density at radius 2 is 2.25 bits per heavy atom. The van der Waals surface area contributed by atoms with Gasteiger partial charge in [0.15, 0.2) is 17.3 Å². The van der Waals surface area contributed by atoms with Gasteiger partial charge in [0, 0.05) is 10.0 Å². The molecular formula is C10H7BrFNO3. The van der Waals surface area contributed by atoms with E-state index in [1.165, 1.54) is 6.08 Å².